The summed E-state index contributed by atoms with van der Waals surface area (Å²) in [5.41, 5.74) is -0.411. The van der Waals surface area contributed by atoms with Crippen molar-refractivity contribution in [2.45, 2.75) is 25.2 Å². The van der Waals surface area contributed by atoms with Crippen LogP contribution in [0.2, 0.25) is 0 Å². The molecule has 1 aliphatic heterocycles. The predicted octanol–water partition coefficient (Wildman–Crippen LogP) is 2.31. The molecule has 1 unspecified atom stereocenters. The fourth-order valence-electron chi connectivity index (χ4n) is 3.58. The number of amides is 1. The summed E-state index contributed by atoms with van der Waals surface area (Å²) in [6.07, 6.45) is -3.98. The van der Waals surface area contributed by atoms with E-state index in [1.807, 2.05) is 7.05 Å². The Kier molecular flexibility index (Phi) is 6.99. The van der Waals surface area contributed by atoms with Gasteiger partial charge in [0, 0.05) is 44.4 Å². The molecule has 0 bridgehead atoms. The number of aromatic nitrogens is 2. The molecule has 30 heavy (non-hydrogen) atoms. The van der Waals surface area contributed by atoms with Crippen LogP contribution in [0.15, 0.2) is 30.3 Å². The highest BCUT2D eigenvalue weighted by molar-refractivity contribution is 5.92. The van der Waals surface area contributed by atoms with Crippen LogP contribution in [0.1, 0.15) is 34.2 Å². The molecule has 1 aromatic carbocycles. The molecule has 1 saturated heterocycles. The molecule has 1 aliphatic rings. The van der Waals surface area contributed by atoms with E-state index in [1.54, 1.807) is 24.3 Å². The second-order valence-corrected chi connectivity index (χ2v) is 7.20. The molecule has 2 aromatic rings. The average molecular weight is 425 g/mol. The van der Waals surface area contributed by atoms with Crippen molar-refractivity contribution in [2.24, 2.45) is 0 Å². The van der Waals surface area contributed by atoms with Crippen molar-refractivity contribution >= 4 is 5.91 Å². The molecule has 164 valence electrons. The largest absolute Gasteiger partial charge is 0.496 e. The van der Waals surface area contributed by atoms with Gasteiger partial charge in [-0.1, -0.05) is 18.2 Å². The number of hydrogen-bond acceptors (Lipinski definition) is 5. The lowest BCUT2D eigenvalue weighted by Gasteiger charge is -2.17. The van der Waals surface area contributed by atoms with Crippen molar-refractivity contribution in [1.29, 1.82) is 0 Å². The summed E-state index contributed by atoms with van der Waals surface area (Å²) in [5.74, 6) is -0.00385. The van der Waals surface area contributed by atoms with Crippen LogP contribution in [0.3, 0.4) is 0 Å². The lowest BCUT2D eigenvalue weighted by atomic mass is 10.2. The van der Waals surface area contributed by atoms with Gasteiger partial charge in [0.1, 0.15) is 11.4 Å². The highest BCUT2D eigenvalue weighted by atomic mass is 19.4. The number of likely N-dealkylation sites (N-methyl/N-ethyl adjacent to an activating group) is 1. The Morgan fingerprint density at radius 1 is 1.33 bits per heavy atom. The number of alkyl halides is 3. The van der Waals surface area contributed by atoms with Crippen LogP contribution in [0, 0.1) is 0 Å². The number of ether oxygens (including phenoxy) is 1. The van der Waals surface area contributed by atoms with Crippen LogP contribution in [0.4, 0.5) is 13.2 Å². The highest BCUT2D eigenvalue weighted by Gasteiger charge is 2.38. The summed E-state index contributed by atoms with van der Waals surface area (Å²) in [6.45, 7) is 3.00. The van der Waals surface area contributed by atoms with Gasteiger partial charge in [0.15, 0.2) is 5.69 Å². The van der Waals surface area contributed by atoms with Crippen molar-refractivity contribution in [3.63, 3.8) is 0 Å². The summed E-state index contributed by atoms with van der Waals surface area (Å²) >= 11 is 0. The monoisotopic (exact) mass is 425 g/mol. The van der Waals surface area contributed by atoms with E-state index < -0.39 is 17.8 Å². The van der Waals surface area contributed by atoms with Gasteiger partial charge in [0.2, 0.25) is 0 Å². The van der Waals surface area contributed by atoms with Gasteiger partial charge >= 0.3 is 6.18 Å². The van der Waals surface area contributed by atoms with Gasteiger partial charge in [0.25, 0.3) is 5.91 Å². The first-order valence-electron chi connectivity index (χ1n) is 9.77. The molecular weight excluding hydrogens is 399 g/mol. The van der Waals surface area contributed by atoms with Crippen molar-refractivity contribution in [3.05, 3.63) is 47.3 Å². The fourth-order valence-corrected chi connectivity index (χ4v) is 3.58. The third-order valence-corrected chi connectivity index (χ3v) is 5.16. The van der Waals surface area contributed by atoms with E-state index in [0.29, 0.717) is 18.7 Å². The van der Waals surface area contributed by atoms with Crippen molar-refractivity contribution in [1.82, 2.24) is 25.3 Å². The minimum Gasteiger partial charge on any atom is -0.496 e. The number of methoxy groups -OCH3 is 1. The number of hydrogen-bond donors (Lipinski definition) is 2. The first-order valence-corrected chi connectivity index (χ1v) is 9.77. The Balaban J connectivity index is 1.79. The Hall–Kier alpha value is -2.59. The number of halogens is 3. The van der Waals surface area contributed by atoms with Gasteiger partial charge in [0.05, 0.1) is 13.2 Å². The Morgan fingerprint density at radius 3 is 2.80 bits per heavy atom. The molecule has 1 atom stereocenters. The first kappa shape index (κ1) is 22.1. The third-order valence-electron chi connectivity index (χ3n) is 5.16. The SMILES string of the molecule is CNCCN1CCC(n2nc(C(F)(F)F)cc2C(=O)NCc2ccccc2OC)C1. The molecule has 0 aliphatic carbocycles. The number of nitrogens with one attached hydrogen (secondary N) is 2. The quantitative estimate of drug-likeness (QED) is 0.679. The molecular formula is C20H26F3N5O2. The number of rotatable bonds is 8. The molecule has 7 nitrogen and oxygen atoms in total. The van der Waals surface area contributed by atoms with Crippen LogP contribution in [0.25, 0.3) is 0 Å². The maximum absolute atomic E-state index is 13.3. The number of carbonyl (C=O) groups excluding carboxylic acids is 1. The van der Waals surface area contributed by atoms with Gasteiger partial charge < -0.3 is 15.4 Å². The van der Waals surface area contributed by atoms with E-state index in [0.717, 1.165) is 31.3 Å². The van der Waals surface area contributed by atoms with Crippen LogP contribution in [-0.4, -0.2) is 60.9 Å². The van der Waals surface area contributed by atoms with Gasteiger partial charge in [-0.3, -0.25) is 14.4 Å². The molecule has 3 rings (SSSR count). The molecule has 0 spiro atoms. The lowest BCUT2D eigenvalue weighted by Crippen LogP contribution is -2.31. The van der Waals surface area contributed by atoms with E-state index in [-0.39, 0.29) is 18.3 Å². The molecule has 0 saturated carbocycles. The minimum absolute atomic E-state index is 0.0855. The van der Waals surface area contributed by atoms with E-state index in [1.165, 1.54) is 11.8 Å². The Morgan fingerprint density at radius 2 is 2.10 bits per heavy atom. The molecule has 2 N–H and O–H groups in total. The molecule has 1 aromatic heterocycles. The minimum atomic E-state index is -4.62. The summed E-state index contributed by atoms with van der Waals surface area (Å²) in [5, 5.41) is 9.50. The van der Waals surface area contributed by atoms with Crippen molar-refractivity contribution < 1.29 is 22.7 Å². The smallest absolute Gasteiger partial charge is 0.435 e. The van der Waals surface area contributed by atoms with Gasteiger partial charge in [-0.05, 0) is 19.5 Å². The Bertz CT molecular complexity index is 868. The average Bonchev–Trinajstić information content (AvgIpc) is 3.37. The highest BCUT2D eigenvalue weighted by Crippen LogP contribution is 2.31. The van der Waals surface area contributed by atoms with Crippen LogP contribution >= 0.6 is 0 Å². The summed E-state index contributed by atoms with van der Waals surface area (Å²) in [7, 11) is 3.37. The zero-order valence-electron chi connectivity index (χ0n) is 17.0. The fraction of sp³-hybridized carbons (Fsp3) is 0.500. The van der Waals surface area contributed by atoms with Gasteiger partial charge in [-0.25, -0.2) is 0 Å². The summed E-state index contributed by atoms with van der Waals surface area (Å²) in [6, 6.07) is 7.68. The number of para-hydroxylation sites is 1. The molecule has 2 heterocycles. The number of nitrogens with zero attached hydrogens (tertiary/aromatic N) is 3. The maximum atomic E-state index is 13.3. The zero-order valence-corrected chi connectivity index (χ0v) is 17.0. The normalized spacial score (nSPS) is 17.3. The van der Waals surface area contributed by atoms with E-state index in [2.05, 4.69) is 20.6 Å². The number of carbonyl (C=O) groups is 1. The van der Waals surface area contributed by atoms with Crippen LogP contribution in [-0.2, 0) is 12.7 Å². The topological polar surface area (TPSA) is 71.4 Å². The second kappa shape index (κ2) is 9.48. The van der Waals surface area contributed by atoms with Crippen molar-refractivity contribution in [2.75, 3.05) is 40.3 Å². The second-order valence-electron chi connectivity index (χ2n) is 7.20. The molecule has 0 radical (unpaired) electrons. The summed E-state index contributed by atoms with van der Waals surface area (Å²) in [4.78, 5) is 14.9. The van der Waals surface area contributed by atoms with Crippen LogP contribution in [0.5, 0.6) is 5.75 Å². The van der Waals surface area contributed by atoms with Crippen LogP contribution < -0.4 is 15.4 Å². The Labute approximate surface area is 173 Å². The first-order chi connectivity index (χ1) is 14.3. The standard InChI is InChI=1S/C20H26F3N5O2/c1-24-8-10-27-9-7-15(13-27)28-16(11-18(26-28)20(21,22)23)19(29)25-12-14-5-3-4-6-17(14)30-2/h3-6,11,15,24H,7-10,12-13H2,1-2H3,(H,25,29). The number of benzene rings is 1. The number of likely N-dealkylation sites (tertiary alicyclic amines) is 1. The van der Waals surface area contributed by atoms with E-state index in [9.17, 15) is 18.0 Å². The summed E-state index contributed by atoms with van der Waals surface area (Å²) < 4.78 is 46.3. The molecule has 1 amide bonds. The van der Waals surface area contributed by atoms with E-state index >= 15 is 0 Å². The maximum Gasteiger partial charge on any atom is 0.435 e. The molecule has 10 heteroatoms. The van der Waals surface area contributed by atoms with Gasteiger partial charge in [-0.15, -0.1) is 0 Å². The van der Waals surface area contributed by atoms with Gasteiger partial charge in [-0.2, -0.15) is 18.3 Å². The third kappa shape index (κ3) is 5.11. The van der Waals surface area contributed by atoms with Crippen molar-refractivity contribution in [3.8, 4) is 5.75 Å². The van der Waals surface area contributed by atoms with E-state index in [4.69, 9.17) is 4.74 Å². The lowest BCUT2D eigenvalue weighted by molar-refractivity contribution is -0.141. The molecule has 1 fully saturated rings. The predicted molar refractivity (Wildman–Crippen MR) is 105 cm³/mol. The zero-order chi connectivity index (χ0) is 21.7.